The number of benzene rings is 1. The summed E-state index contributed by atoms with van der Waals surface area (Å²) in [5.74, 6) is 2.32. The van der Waals surface area contributed by atoms with Gasteiger partial charge < -0.3 is 18.7 Å². The number of ether oxygens (including phenoxy) is 1. The van der Waals surface area contributed by atoms with Crippen molar-refractivity contribution in [1.82, 2.24) is 4.90 Å². The van der Waals surface area contributed by atoms with Crippen LogP contribution in [-0.2, 0) is 21.7 Å². The van der Waals surface area contributed by atoms with Gasteiger partial charge in [0, 0.05) is 44.4 Å². The summed E-state index contributed by atoms with van der Waals surface area (Å²) in [5.41, 5.74) is 0.704. The molecule has 27 heavy (non-hydrogen) atoms. The normalized spacial score (nSPS) is 15.2. The number of rotatable bonds is 4. The fraction of sp³-hybridized carbons (Fsp3) is 0.500. The van der Waals surface area contributed by atoms with Crippen LogP contribution in [0.25, 0.3) is 0 Å². The van der Waals surface area contributed by atoms with Crippen molar-refractivity contribution in [3.05, 3.63) is 23.8 Å². The second-order valence-electron chi connectivity index (χ2n) is 7.15. The molecule has 1 heterocycles. The third-order valence-corrected chi connectivity index (χ3v) is 4.14. The second kappa shape index (κ2) is 8.05. The van der Waals surface area contributed by atoms with Gasteiger partial charge in [0.05, 0.1) is 0 Å². The molecule has 0 atom stereocenters. The van der Waals surface area contributed by atoms with E-state index in [2.05, 4.69) is 10.1 Å². The number of halogens is 1. The maximum absolute atomic E-state index is 12.9. The van der Waals surface area contributed by atoms with Gasteiger partial charge in [-0.2, -0.15) is 8.42 Å². The largest absolute Gasteiger partial charge is 0.488 e. The van der Waals surface area contributed by atoms with Gasteiger partial charge in [-0.15, -0.1) is 12.3 Å². The molecule has 2 rings (SSSR count). The third-order valence-electron chi connectivity index (χ3n) is 3.75. The van der Waals surface area contributed by atoms with Crippen LogP contribution < -0.4 is 9.08 Å². The van der Waals surface area contributed by atoms with Crippen LogP contribution in [0.2, 0.25) is 0 Å². The molecule has 1 aromatic rings. The van der Waals surface area contributed by atoms with Gasteiger partial charge >= 0.3 is 16.6 Å². The molecule has 9 heteroatoms. The van der Waals surface area contributed by atoms with E-state index < -0.39 is 16.1 Å². The SMILES string of the molecule is C#CCc1cc(OS(=O)(=O)F)cc(N2CCN(C(=O)OC(C)(C)C)CC2)c1. The molecule has 1 amide bonds. The Kier molecular flexibility index (Phi) is 6.21. The first-order valence-electron chi connectivity index (χ1n) is 8.41. The van der Waals surface area contributed by atoms with Crippen molar-refractivity contribution < 1.29 is 26.0 Å². The first-order valence-corrected chi connectivity index (χ1v) is 9.72. The van der Waals surface area contributed by atoms with Crippen molar-refractivity contribution in [2.75, 3.05) is 31.1 Å². The third kappa shape index (κ3) is 6.64. The highest BCUT2D eigenvalue weighted by atomic mass is 32.3. The molecule has 0 saturated carbocycles. The predicted molar refractivity (Wildman–Crippen MR) is 99.7 cm³/mol. The maximum atomic E-state index is 12.9. The molecule has 0 unspecified atom stereocenters. The van der Waals surface area contributed by atoms with Crippen molar-refractivity contribution in [1.29, 1.82) is 0 Å². The minimum atomic E-state index is -5.13. The Bertz CT molecular complexity index is 834. The van der Waals surface area contributed by atoms with Crippen LogP contribution in [-0.4, -0.2) is 51.2 Å². The topological polar surface area (TPSA) is 76.2 Å². The number of hydrogen-bond acceptors (Lipinski definition) is 6. The Morgan fingerprint density at radius 3 is 2.37 bits per heavy atom. The van der Waals surface area contributed by atoms with Gasteiger partial charge in [-0.1, -0.05) is 3.89 Å². The van der Waals surface area contributed by atoms with Crippen molar-refractivity contribution in [2.24, 2.45) is 0 Å². The van der Waals surface area contributed by atoms with E-state index in [9.17, 15) is 17.1 Å². The van der Waals surface area contributed by atoms with Gasteiger partial charge in [-0.25, -0.2) is 4.79 Å². The summed E-state index contributed by atoms with van der Waals surface area (Å²) in [6.45, 7) is 7.29. The number of hydrogen-bond donors (Lipinski definition) is 0. The summed E-state index contributed by atoms with van der Waals surface area (Å²) in [6.07, 6.45) is 5.18. The van der Waals surface area contributed by atoms with E-state index in [0.29, 0.717) is 37.4 Å². The van der Waals surface area contributed by atoms with Crippen LogP contribution in [0.4, 0.5) is 14.4 Å². The van der Waals surface area contributed by atoms with Crippen LogP contribution in [0, 0.1) is 12.3 Å². The molecule has 148 valence electrons. The van der Waals surface area contributed by atoms with E-state index in [0.717, 1.165) is 0 Å². The Morgan fingerprint density at radius 1 is 1.22 bits per heavy atom. The molecule has 1 saturated heterocycles. The smallest absolute Gasteiger partial charge is 0.444 e. The Labute approximate surface area is 159 Å². The van der Waals surface area contributed by atoms with Gasteiger partial charge in [-0.3, -0.25) is 0 Å². The number of carbonyl (C=O) groups is 1. The number of terminal acetylenes is 1. The minimum absolute atomic E-state index is 0.144. The molecule has 0 radical (unpaired) electrons. The Hall–Kier alpha value is -2.47. The number of anilines is 1. The molecule has 1 aliphatic rings. The lowest BCUT2D eigenvalue weighted by Crippen LogP contribution is -2.50. The van der Waals surface area contributed by atoms with Crippen LogP contribution in [0.5, 0.6) is 5.75 Å². The zero-order valence-corrected chi connectivity index (χ0v) is 16.4. The van der Waals surface area contributed by atoms with E-state index in [1.165, 1.54) is 12.1 Å². The number of amides is 1. The summed E-state index contributed by atoms with van der Waals surface area (Å²) < 4.78 is 44.2. The summed E-state index contributed by atoms with van der Waals surface area (Å²) in [4.78, 5) is 15.7. The lowest BCUT2D eigenvalue weighted by molar-refractivity contribution is 0.0240. The Balaban J connectivity index is 2.12. The molecule has 1 aliphatic heterocycles. The van der Waals surface area contributed by atoms with Crippen molar-refractivity contribution in [2.45, 2.75) is 32.8 Å². The average molecular weight is 398 g/mol. The van der Waals surface area contributed by atoms with Crippen LogP contribution in [0.1, 0.15) is 26.3 Å². The van der Waals surface area contributed by atoms with Crippen molar-refractivity contribution >= 4 is 22.3 Å². The number of piperazine rings is 1. The maximum Gasteiger partial charge on any atom is 0.488 e. The summed E-state index contributed by atoms with van der Waals surface area (Å²) in [6, 6.07) is 4.61. The van der Waals surface area contributed by atoms with Crippen LogP contribution >= 0.6 is 0 Å². The standard InChI is InChI=1S/C18H23FN2O5S/c1-5-6-14-11-15(13-16(12-14)26-27(19,23)24)20-7-9-21(10-8-20)17(22)25-18(2,3)4/h1,11-13H,6-10H2,2-4H3. The van der Waals surface area contributed by atoms with E-state index >= 15 is 0 Å². The molecular formula is C18H23FN2O5S. The lowest BCUT2D eigenvalue weighted by atomic mass is 10.1. The van der Waals surface area contributed by atoms with Crippen LogP contribution in [0.15, 0.2) is 18.2 Å². The van der Waals surface area contributed by atoms with E-state index in [4.69, 9.17) is 11.2 Å². The molecule has 0 bridgehead atoms. The monoisotopic (exact) mass is 398 g/mol. The second-order valence-corrected chi connectivity index (χ2v) is 8.10. The predicted octanol–water partition coefficient (Wildman–Crippen LogP) is 2.51. The molecule has 0 N–H and O–H groups in total. The fourth-order valence-electron chi connectivity index (χ4n) is 2.68. The number of nitrogens with zero attached hydrogens (tertiary/aromatic N) is 2. The van der Waals surface area contributed by atoms with Crippen molar-refractivity contribution in [3.63, 3.8) is 0 Å². The number of carbonyl (C=O) groups excluding carboxylic acids is 1. The van der Waals surface area contributed by atoms with E-state index in [1.54, 1.807) is 31.7 Å². The molecule has 7 nitrogen and oxygen atoms in total. The minimum Gasteiger partial charge on any atom is -0.444 e. The summed E-state index contributed by atoms with van der Waals surface area (Å²) in [5, 5.41) is 0. The van der Waals surface area contributed by atoms with E-state index in [1.807, 2.05) is 4.90 Å². The first-order chi connectivity index (χ1) is 12.5. The zero-order valence-electron chi connectivity index (χ0n) is 15.6. The highest BCUT2D eigenvalue weighted by molar-refractivity contribution is 7.81. The zero-order chi connectivity index (χ0) is 20.2. The van der Waals surface area contributed by atoms with Gasteiger partial charge in [0.2, 0.25) is 0 Å². The van der Waals surface area contributed by atoms with Gasteiger partial charge in [-0.05, 0) is 38.5 Å². The summed E-state index contributed by atoms with van der Waals surface area (Å²) >= 11 is 0. The van der Waals surface area contributed by atoms with Crippen molar-refractivity contribution in [3.8, 4) is 18.1 Å². The molecule has 0 spiro atoms. The average Bonchev–Trinajstić information content (AvgIpc) is 2.52. The molecule has 1 fully saturated rings. The molecular weight excluding hydrogens is 375 g/mol. The van der Waals surface area contributed by atoms with Gasteiger partial charge in [0.15, 0.2) is 0 Å². The van der Waals surface area contributed by atoms with Gasteiger partial charge in [0.1, 0.15) is 11.4 Å². The van der Waals surface area contributed by atoms with Gasteiger partial charge in [0.25, 0.3) is 0 Å². The summed E-state index contributed by atoms with van der Waals surface area (Å²) in [7, 11) is -5.13. The lowest BCUT2D eigenvalue weighted by Gasteiger charge is -2.37. The molecule has 0 aliphatic carbocycles. The Morgan fingerprint density at radius 2 is 1.85 bits per heavy atom. The molecule has 0 aromatic heterocycles. The highest BCUT2D eigenvalue weighted by Gasteiger charge is 2.26. The highest BCUT2D eigenvalue weighted by Crippen LogP contribution is 2.27. The van der Waals surface area contributed by atoms with E-state index in [-0.39, 0.29) is 18.3 Å². The first kappa shape index (κ1) is 20.8. The van der Waals surface area contributed by atoms with Crippen LogP contribution in [0.3, 0.4) is 0 Å². The quantitative estimate of drug-likeness (QED) is 0.573. The molecule has 1 aromatic carbocycles. The fourth-order valence-corrected chi connectivity index (χ4v) is 3.01.